The summed E-state index contributed by atoms with van der Waals surface area (Å²) in [5.74, 6) is 1.01. The molecule has 0 fully saturated rings. The summed E-state index contributed by atoms with van der Waals surface area (Å²) in [6, 6.07) is 37.5. The van der Waals surface area contributed by atoms with Gasteiger partial charge < -0.3 is 9.64 Å². The van der Waals surface area contributed by atoms with Crippen molar-refractivity contribution in [2.45, 2.75) is 12.3 Å². The van der Waals surface area contributed by atoms with E-state index in [9.17, 15) is 0 Å². The third-order valence-corrected chi connectivity index (χ3v) is 6.75. The van der Waals surface area contributed by atoms with Crippen LogP contribution in [0.15, 0.2) is 103 Å². The summed E-state index contributed by atoms with van der Waals surface area (Å²) in [7, 11) is 6.00. The second-order valence-corrected chi connectivity index (χ2v) is 9.19. The van der Waals surface area contributed by atoms with Crippen molar-refractivity contribution >= 4 is 21.5 Å². The average molecular weight is 446 g/mol. The molecule has 170 valence electrons. The summed E-state index contributed by atoms with van der Waals surface area (Å²) in [6.45, 7) is 1.02. The third kappa shape index (κ3) is 4.30. The molecule has 0 heterocycles. The van der Waals surface area contributed by atoms with Crippen molar-refractivity contribution < 1.29 is 4.74 Å². The highest BCUT2D eigenvalue weighted by Gasteiger charge is 2.23. The Morgan fingerprint density at radius 2 is 1.32 bits per heavy atom. The minimum Gasteiger partial charge on any atom is -0.497 e. The van der Waals surface area contributed by atoms with E-state index in [-0.39, 0.29) is 5.92 Å². The summed E-state index contributed by atoms with van der Waals surface area (Å²) < 4.78 is 5.47. The Balaban J connectivity index is 1.79. The Bertz CT molecular complexity index is 1420. The minimum atomic E-state index is 0.124. The molecule has 5 aromatic carbocycles. The number of fused-ring (bicyclic) bond motifs is 3. The van der Waals surface area contributed by atoms with Crippen molar-refractivity contribution in [3.63, 3.8) is 0 Å². The van der Waals surface area contributed by atoms with E-state index < -0.39 is 0 Å². The van der Waals surface area contributed by atoms with Crippen LogP contribution in [0, 0.1) is 0 Å². The molecule has 2 nitrogen and oxygen atoms in total. The van der Waals surface area contributed by atoms with Crippen LogP contribution in [0.2, 0.25) is 0 Å². The van der Waals surface area contributed by atoms with E-state index in [0.717, 1.165) is 18.7 Å². The van der Waals surface area contributed by atoms with Gasteiger partial charge in [0.2, 0.25) is 0 Å². The van der Waals surface area contributed by atoms with Gasteiger partial charge in [-0.3, -0.25) is 0 Å². The molecular formula is C32H31NO. The first-order valence-electron chi connectivity index (χ1n) is 11.9. The topological polar surface area (TPSA) is 12.5 Å². The molecular weight excluding hydrogens is 414 g/mol. The monoisotopic (exact) mass is 445 g/mol. The number of methoxy groups -OCH3 is 1. The van der Waals surface area contributed by atoms with Gasteiger partial charge in [-0.05, 0) is 82.5 Å². The van der Waals surface area contributed by atoms with Gasteiger partial charge in [-0.25, -0.2) is 0 Å². The van der Waals surface area contributed by atoms with E-state index in [1.54, 1.807) is 7.11 Å². The average Bonchev–Trinajstić information content (AvgIpc) is 2.88. The predicted molar refractivity (Wildman–Crippen MR) is 144 cm³/mol. The van der Waals surface area contributed by atoms with Crippen molar-refractivity contribution in [3.05, 3.63) is 125 Å². The van der Waals surface area contributed by atoms with Gasteiger partial charge in [-0.1, -0.05) is 84.9 Å². The largest absolute Gasteiger partial charge is 0.497 e. The van der Waals surface area contributed by atoms with Gasteiger partial charge in [0.1, 0.15) is 5.75 Å². The van der Waals surface area contributed by atoms with Gasteiger partial charge in [0.15, 0.2) is 0 Å². The van der Waals surface area contributed by atoms with Gasteiger partial charge >= 0.3 is 0 Å². The van der Waals surface area contributed by atoms with Crippen LogP contribution in [0.5, 0.6) is 5.75 Å². The number of benzene rings is 5. The SMILES string of the molecule is COc1ccc(C(c2ccccc2CCN(C)C)c2cc3ccccc3c3ccccc23)cc1. The fourth-order valence-electron chi connectivity index (χ4n) is 5.03. The van der Waals surface area contributed by atoms with Crippen molar-refractivity contribution in [2.75, 3.05) is 27.7 Å². The molecule has 0 spiro atoms. The fraction of sp³-hybridized carbons (Fsp3) is 0.188. The molecule has 5 aromatic rings. The van der Waals surface area contributed by atoms with Crippen LogP contribution >= 0.6 is 0 Å². The zero-order valence-electron chi connectivity index (χ0n) is 20.2. The molecule has 0 aliphatic carbocycles. The lowest BCUT2D eigenvalue weighted by Gasteiger charge is -2.25. The normalized spacial score (nSPS) is 12.4. The van der Waals surface area contributed by atoms with Crippen LogP contribution in [-0.2, 0) is 6.42 Å². The second-order valence-electron chi connectivity index (χ2n) is 9.19. The van der Waals surface area contributed by atoms with Gasteiger partial charge in [-0.15, -0.1) is 0 Å². The number of rotatable bonds is 7. The smallest absolute Gasteiger partial charge is 0.118 e. The highest BCUT2D eigenvalue weighted by molar-refractivity contribution is 6.09. The Hall–Kier alpha value is -3.62. The van der Waals surface area contributed by atoms with E-state index in [0.29, 0.717) is 0 Å². The molecule has 0 bridgehead atoms. The van der Waals surface area contributed by atoms with Crippen LogP contribution in [0.1, 0.15) is 28.2 Å². The maximum absolute atomic E-state index is 5.47. The molecule has 0 aromatic heterocycles. The Labute approximate surface area is 202 Å². The first-order chi connectivity index (χ1) is 16.7. The predicted octanol–water partition coefficient (Wildman–Crippen LogP) is 7.29. The molecule has 1 atom stereocenters. The lowest BCUT2D eigenvalue weighted by Crippen LogP contribution is -2.17. The molecule has 34 heavy (non-hydrogen) atoms. The van der Waals surface area contributed by atoms with E-state index >= 15 is 0 Å². The third-order valence-electron chi connectivity index (χ3n) is 6.75. The minimum absolute atomic E-state index is 0.124. The van der Waals surface area contributed by atoms with Crippen molar-refractivity contribution in [1.29, 1.82) is 0 Å². The fourth-order valence-corrected chi connectivity index (χ4v) is 5.03. The van der Waals surface area contributed by atoms with E-state index in [1.165, 1.54) is 43.8 Å². The van der Waals surface area contributed by atoms with Gasteiger partial charge in [0, 0.05) is 12.5 Å². The molecule has 0 saturated carbocycles. The maximum Gasteiger partial charge on any atom is 0.118 e. The molecule has 0 radical (unpaired) electrons. The number of hydrogen-bond acceptors (Lipinski definition) is 2. The summed E-state index contributed by atoms with van der Waals surface area (Å²) in [4.78, 5) is 2.25. The van der Waals surface area contributed by atoms with E-state index in [1.807, 2.05) is 0 Å². The standard InChI is InChI=1S/C32H31NO/c1-33(2)21-20-23-10-4-7-13-28(23)32(24-16-18-26(34-3)19-17-24)31-22-25-11-5-6-12-27(25)29-14-8-9-15-30(29)31/h4-19,22,32H,20-21H2,1-3H3. The van der Waals surface area contributed by atoms with Crippen LogP contribution in [-0.4, -0.2) is 32.6 Å². The van der Waals surface area contributed by atoms with E-state index in [2.05, 4.69) is 122 Å². The van der Waals surface area contributed by atoms with Crippen LogP contribution < -0.4 is 4.74 Å². The van der Waals surface area contributed by atoms with Gasteiger partial charge in [0.05, 0.1) is 7.11 Å². The molecule has 0 aliphatic heterocycles. The van der Waals surface area contributed by atoms with Gasteiger partial charge in [-0.2, -0.15) is 0 Å². The Morgan fingerprint density at radius 3 is 2.06 bits per heavy atom. The van der Waals surface area contributed by atoms with Crippen LogP contribution in [0.25, 0.3) is 21.5 Å². The molecule has 0 saturated heterocycles. The summed E-state index contributed by atoms with van der Waals surface area (Å²) in [5, 5.41) is 5.20. The summed E-state index contributed by atoms with van der Waals surface area (Å²) in [6.07, 6.45) is 1.02. The summed E-state index contributed by atoms with van der Waals surface area (Å²) >= 11 is 0. The van der Waals surface area contributed by atoms with Crippen molar-refractivity contribution in [1.82, 2.24) is 4.90 Å². The summed E-state index contributed by atoms with van der Waals surface area (Å²) in [5.41, 5.74) is 5.39. The van der Waals surface area contributed by atoms with Crippen LogP contribution in [0.3, 0.4) is 0 Å². The zero-order valence-corrected chi connectivity index (χ0v) is 20.2. The Morgan fingerprint density at radius 1 is 0.676 bits per heavy atom. The molecule has 1 unspecified atom stereocenters. The molecule has 0 amide bonds. The molecule has 0 N–H and O–H groups in total. The lowest BCUT2D eigenvalue weighted by molar-refractivity contribution is 0.413. The zero-order chi connectivity index (χ0) is 23.5. The van der Waals surface area contributed by atoms with E-state index in [4.69, 9.17) is 4.74 Å². The highest BCUT2D eigenvalue weighted by atomic mass is 16.5. The first-order valence-corrected chi connectivity index (χ1v) is 11.9. The maximum atomic E-state index is 5.47. The first kappa shape index (κ1) is 22.2. The molecule has 2 heteroatoms. The second kappa shape index (κ2) is 9.70. The van der Waals surface area contributed by atoms with Crippen LogP contribution in [0.4, 0.5) is 0 Å². The van der Waals surface area contributed by atoms with Gasteiger partial charge in [0.25, 0.3) is 0 Å². The molecule has 0 aliphatic rings. The quantitative estimate of drug-likeness (QED) is 0.193. The number of likely N-dealkylation sites (N-methyl/N-ethyl adjacent to an activating group) is 1. The Kier molecular flexibility index (Phi) is 6.33. The number of nitrogens with zero attached hydrogens (tertiary/aromatic N) is 1. The van der Waals surface area contributed by atoms with Crippen molar-refractivity contribution in [3.8, 4) is 5.75 Å². The number of ether oxygens (including phenoxy) is 1. The van der Waals surface area contributed by atoms with Crippen molar-refractivity contribution in [2.24, 2.45) is 0 Å². The highest BCUT2D eigenvalue weighted by Crippen LogP contribution is 2.41. The molecule has 5 rings (SSSR count). The lowest BCUT2D eigenvalue weighted by atomic mass is 9.79. The number of hydrogen-bond donors (Lipinski definition) is 0.